The number of thioether (sulfide) groups is 1. The van der Waals surface area contributed by atoms with Gasteiger partial charge in [-0.05, 0) is 17.5 Å². The Morgan fingerprint density at radius 3 is 2.81 bits per heavy atom. The first-order chi connectivity index (χ1) is 10.2. The number of para-hydroxylation sites is 1. The van der Waals surface area contributed by atoms with E-state index in [9.17, 15) is 14.9 Å². The second-order valence-electron chi connectivity index (χ2n) is 4.16. The molecule has 1 N–H and O–H groups in total. The van der Waals surface area contributed by atoms with Crippen molar-refractivity contribution in [3.63, 3.8) is 0 Å². The quantitative estimate of drug-likeness (QED) is 0.482. The van der Waals surface area contributed by atoms with Crippen LogP contribution in [-0.4, -0.2) is 23.1 Å². The number of nitrogens with one attached hydrogen (secondary N) is 1. The zero-order valence-corrected chi connectivity index (χ0v) is 12.8. The van der Waals surface area contributed by atoms with Crippen molar-refractivity contribution in [1.82, 2.24) is 5.32 Å². The van der Waals surface area contributed by atoms with Gasteiger partial charge in [-0.15, -0.1) is 11.3 Å². The number of amides is 1. The number of nitro benzene ring substituents is 1. The molecule has 0 fully saturated rings. The molecule has 0 aliphatic rings. The maximum Gasteiger partial charge on any atom is 0.282 e. The lowest BCUT2D eigenvalue weighted by atomic mass is 10.1. The van der Waals surface area contributed by atoms with Gasteiger partial charge in [-0.3, -0.25) is 14.9 Å². The van der Waals surface area contributed by atoms with Crippen LogP contribution >= 0.6 is 23.1 Å². The van der Waals surface area contributed by atoms with E-state index in [-0.39, 0.29) is 11.3 Å². The van der Waals surface area contributed by atoms with E-state index in [2.05, 4.69) is 11.4 Å². The summed E-state index contributed by atoms with van der Waals surface area (Å²) in [6.07, 6.45) is 0. The summed E-state index contributed by atoms with van der Waals surface area (Å²) in [4.78, 5) is 23.6. The SMILES string of the molecule is O=C(NCCSCc1cccs1)c1ccccc1[N+](=O)[O-]. The van der Waals surface area contributed by atoms with Crippen LogP contribution in [0.3, 0.4) is 0 Å². The van der Waals surface area contributed by atoms with Gasteiger partial charge in [0.15, 0.2) is 0 Å². The standard InChI is InChI=1S/C14H14N2O3S2/c17-14(12-5-1-2-6-13(12)16(18)19)15-7-9-20-10-11-4-3-8-21-11/h1-6,8H,7,9-10H2,(H,15,17). The third-order valence-corrected chi connectivity index (χ3v) is 4.77. The van der Waals surface area contributed by atoms with Gasteiger partial charge in [0.05, 0.1) is 4.92 Å². The number of carbonyl (C=O) groups excluding carboxylic acids is 1. The monoisotopic (exact) mass is 322 g/mol. The second-order valence-corrected chi connectivity index (χ2v) is 6.30. The van der Waals surface area contributed by atoms with Gasteiger partial charge in [0, 0.05) is 29.0 Å². The van der Waals surface area contributed by atoms with Gasteiger partial charge in [-0.25, -0.2) is 0 Å². The molecule has 0 bridgehead atoms. The molecule has 0 aliphatic heterocycles. The zero-order valence-electron chi connectivity index (χ0n) is 11.2. The van der Waals surface area contributed by atoms with Crippen molar-refractivity contribution in [2.75, 3.05) is 12.3 Å². The summed E-state index contributed by atoms with van der Waals surface area (Å²) in [6, 6.07) is 10.0. The summed E-state index contributed by atoms with van der Waals surface area (Å²) in [5, 5.41) is 15.6. The van der Waals surface area contributed by atoms with Crippen LogP contribution in [0.5, 0.6) is 0 Å². The van der Waals surface area contributed by atoms with Crippen molar-refractivity contribution < 1.29 is 9.72 Å². The second kappa shape index (κ2) is 7.80. The molecule has 2 aromatic rings. The van der Waals surface area contributed by atoms with Gasteiger partial charge < -0.3 is 5.32 Å². The Morgan fingerprint density at radius 2 is 2.10 bits per heavy atom. The highest BCUT2D eigenvalue weighted by molar-refractivity contribution is 7.98. The Morgan fingerprint density at radius 1 is 1.29 bits per heavy atom. The van der Waals surface area contributed by atoms with Gasteiger partial charge in [-0.2, -0.15) is 11.8 Å². The topological polar surface area (TPSA) is 72.2 Å². The largest absolute Gasteiger partial charge is 0.351 e. The average molecular weight is 322 g/mol. The molecule has 7 heteroatoms. The first kappa shape index (κ1) is 15.5. The molecule has 0 atom stereocenters. The molecule has 0 saturated carbocycles. The fraction of sp³-hybridized carbons (Fsp3) is 0.214. The third kappa shape index (κ3) is 4.57. The average Bonchev–Trinajstić information content (AvgIpc) is 3.00. The Bertz CT molecular complexity index is 614. The Hall–Kier alpha value is -1.86. The van der Waals surface area contributed by atoms with Gasteiger partial charge in [0.1, 0.15) is 5.56 Å². The molecule has 0 radical (unpaired) electrons. The van der Waals surface area contributed by atoms with E-state index < -0.39 is 10.8 Å². The number of hydrogen-bond acceptors (Lipinski definition) is 5. The Balaban J connectivity index is 1.78. The zero-order chi connectivity index (χ0) is 15.1. The molecule has 0 unspecified atom stereocenters. The van der Waals surface area contributed by atoms with Crippen molar-refractivity contribution in [2.45, 2.75) is 5.75 Å². The first-order valence-corrected chi connectivity index (χ1v) is 8.33. The first-order valence-electron chi connectivity index (χ1n) is 6.30. The predicted molar refractivity (Wildman–Crippen MR) is 85.9 cm³/mol. The molecule has 5 nitrogen and oxygen atoms in total. The van der Waals surface area contributed by atoms with Crippen LogP contribution in [0.4, 0.5) is 5.69 Å². The molecule has 1 amide bonds. The number of hydrogen-bond donors (Lipinski definition) is 1. The van der Waals surface area contributed by atoms with E-state index in [1.807, 2.05) is 11.4 Å². The lowest BCUT2D eigenvalue weighted by molar-refractivity contribution is -0.385. The van der Waals surface area contributed by atoms with Gasteiger partial charge in [-0.1, -0.05) is 18.2 Å². The smallest absolute Gasteiger partial charge is 0.282 e. The number of rotatable bonds is 7. The van der Waals surface area contributed by atoms with E-state index >= 15 is 0 Å². The fourth-order valence-electron chi connectivity index (χ4n) is 1.72. The summed E-state index contributed by atoms with van der Waals surface area (Å²) in [5.41, 5.74) is -0.0630. The van der Waals surface area contributed by atoms with Gasteiger partial charge in [0.25, 0.3) is 11.6 Å². The number of thiophene rings is 1. The number of nitro groups is 1. The summed E-state index contributed by atoms with van der Waals surface area (Å²) in [7, 11) is 0. The van der Waals surface area contributed by atoms with Crippen molar-refractivity contribution in [3.8, 4) is 0 Å². The molecule has 2 rings (SSSR count). The van der Waals surface area contributed by atoms with E-state index in [1.54, 1.807) is 35.2 Å². The van der Waals surface area contributed by atoms with Crippen LogP contribution in [-0.2, 0) is 5.75 Å². The number of carbonyl (C=O) groups is 1. The fourth-order valence-corrected chi connectivity index (χ4v) is 3.42. The van der Waals surface area contributed by atoms with Crippen LogP contribution < -0.4 is 5.32 Å². The van der Waals surface area contributed by atoms with Crippen molar-refractivity contribution in [1.29, 1.82) is 0 Å². The predicted octanol–water partition coefficient (Wildman–Crippen LogP) is 3.32. The Kier molecular flexibility index (Phi) is 5.77. The molecule has 0 aliphatic carbocycles. The molecule has 21 heavy (non-hydrogen) atoms. The van der Waals surface area contributed by atoms with Gasteiger partial charge >= 0.3 is 0 Å². The lowest BCUT2D eigenvalue weighted by Gasteiger charge is -2.05. The summed E-state index contributed by atoms with van der Waals surface area (Å²) < 4.78 is 0. The summed E-state index contributed by atoms with van der Waals surface area (Å²) >= 11 is 3.43. The third-order valence-electron chi connectivity index (χ3n) is 2.70. The molecule has 1 heterocycles. The number of nitrogens with zero attached hydrogens (tertiary/aromatic N) is 1. The van der Waals surface area contributed by atoms with Crippen LogP contribution in [0.2, 0.25) is 0 Å². The lowest BCUT2D eigenvalue weighted by Crippen LogP contribution is -2.26. The highest BCUT2D eigenvalue weighted by atomic mass is 32.2. The van der Waals surface area contributed by atoms with Crippen molar-refractivity contribution in [3.05, 3.63) is 62.3 Å². The maximum absolute atomic E-state index is 11.9. The molecular formula is C14H14N2O3S2. The van der Waals surface area contributed by atoms with Crippen LogP contribution in [0.25, 0.3) is 0 Å². The van der Waals surface area contributed by atoms with Crippen molar-refractivity contribution in [2.24, 2.45) is 0 Å². The van der Waals surface area contributed by atoms with Crippen LogP contribution in [0, 0.1) is 10.1 Å². The molecule has 1 aromatic heterocycles. The van der Waals surface area contributed by atoms with E-state index in [1.165, 1.54) is 17.0 Å². The summed E-state index contributed by atoms with van der Waals surface area (Å²) in [5.74, 6) is 1.28. The molecule has 0 saturated heterocycles. The summed E-state index contributed by atoms with van der Waals surface area (Å²) in [6.45, 7) is 0.487. The Labute approximate surface area is 130 Å². The molecule has 110 valence electrons. The normalized spacial score (nSPS) is 10.3. The minimum atomic E-state index is -0.541. The minimum absolute atomic E-state index is 0.103. The highest BCUT2D eigenvalue weighted by Gasteiger charge is 2.18. The minimum Gasteiger partial charge on any atom is -0.351 e. The molecule has 0 spiro atoms. The molecule has 1 aromatic carbocycles. The van der Waals surface area contributed by atoms with Crippen LogP contribution in [0.15, 0.2) is 41.8 Å². The highest BCUT2D eigenvalue weighted by Crippen LogP contribution is 2.18. The van der Waals surface area contributed by atoms with E-state index in [4.69, 9.17) is 0 Å². The van der Waals surface area contributed by atoms with Crippen LogP contribution in [0.1, 0.15) is 15.2 Å². The van der Waals surface area contributed by atoms with Gasteiger partial charge in [0.2, 0.25) is 0 Å². The van der Waals surface area contributed by atoms with E-state index in [0.29, 0.717) is 6.54 Å². The van der Waals surface area contributed by atoms with Crippen molar-refractivity contribution >= 4 is 34.7 Å². The maximum atomic E-state index is 11.9. The number of benzene rings is 1. The van der Waals surface area contributed by atoms with E-state index in [0.717, 1.165) is 11.5 Å². The molecular weight excluding hydrogens is 308 g/mol.